The average Bonchev–Trinajstić information content (AvgIpc) is 3.27. The van der Waals surface area contributed by atoms with E-state index >= 15 is 0 Å². The maximum absolute atomic E-state index is 14.2. The Kier molecular flexibility index (Phi) is 4.10. The highest BCUT2D eigenvalue weighted by atomic mass is 19.1. The first-order valence-electron chi connectivity index (χ1n) is 9.84. The minimum atomic E-state index is -0.436. The summed E-state index contributed by atoms with van der Waals surface area (Å²) in [5, 5.41) is 17.3. The second-order valence-electron chi connectivity index (χ2n) is 8.07. The molecule has 28 heavy (non-hydrogen) atoms. The van der Waals surface area contributed by atoms with Crippen LogP contribution in [0.3, 0.4) is 0 Å². The normalized spacial score (nSPS) is 24.2. The summed E-state index contributed by atoms with van der Waals surface area (Å²) in [6.07, 6.45) is 6.28. The van der Waals surface area contributed by atoms with Crippen LogP contribution >= 0.6 is 0 Å². The summed E-state index contributed by atoms with van der Waals surface area (Å²) in [4.78, 5) is 4.99. The lowest BCUT2D eigenvalue weighted by atomic mass is 9.87. The molecule has 2 saturated heterocycles. The molecule has 2 unspecified atom stereocenters. The molecule has 6 nitrogen and oxygen atoms in total. The van der Waals surface area contributed by atoms with Gasteiger partial charge in [-0.1, -0.05) is 12.1 Å². The number of halogens is 1. The number of hydrogen-bond acceptors (Lipinski definition) is 5. The van der Waals surface area contributed by atoms with Crippen molar-refractivity contribution in [2.75, 3.05) is 5.73 Å². The number of aliphatic hydroxyl groups excluding tert-OH is 1. The summed E-state index contributed by atoms with van der Waals surface area (Å²) in [7, 11) is 0. The van der Waals surface area contributed by atoms with Gasteiger partial charge in [0, 0.05) is 34.7 Å². The summed E-state index contributed by atoms with van der Waals surface area (Å²) in [5.41, 5.74) is 10.8. The third-order valence-corrected chi connectivity index (χ3v) is 6.36. The van der Waals surface area contributed by atoms with Crippen molar-refractivity contribution in [3.8, 4) is 11.1 Å². The molecule has 7 heteroatoms. The van der Waals surface area contributed by atoms with Gasteiger partial charge in [0.15, 0.2) is 5.65 Å². The number of hydrogen-bond donors (Lipinski definition) is 3. The number of nitrogens with two attached hydrogens (primary N) is 1. The third kappa shape index (κ3) is 2.69. The Morgan fingerprint density at radius 1 is 1.29 bits per heavy atom. The molecule has 2 bridgehead atoms. The maximum Gasteiger partial charge on any atom is 0.165 e. The molecule has 2 aliphatic heterocycles. The smallest absolute Gasteiger partial charge is 0.165 e. The van der Waals surface area contributed by atoms with Crippen molar-refractivity contribution in [3.63, 3.8) is 0 Å². The maximum atomic E-state index is 14.2. The van der Waals surface area contributed by atoms with Crippen LogP contribution in [0.25, 0.3) is 16.8 Å². The van der Waals surface area contributed by atoms with Gasteiger partial charge in [-0.25, -0.2) is 9.37 Å². The predicted octanol–water partition coefficient (Wildman–Crippen LogP) is 2.92. The van der Waals surface area contributed by atoms with E-state index in [1.54, 1.807) is 22.8 Å². The standard InChI is InChI=1S/C21H24FN5O/c1-11-19(14-6-15-4-5-16(7-14)25-15)26-21-17(9-24-27(21)20(11)23)12-2-3-13(10-28)18(22)8-12/h2-3,8-9,14-16,25,28H,4-7,10,23H2,1H3. The van der Waals surface area contributed by atoms with Crippen molar-refractivity contribution in [1.29, 1.82) is 0 Å². The van der Waals surface area contributed by atoms with E-state index in [9.17, 15) is 9.50 Å². The fourth-order valence-corrected chi connectivity index (χ4v) is 4.84. The largest absolute Gasteiger partial charge is 0.392 e. The average molecular weight is 381 g/mol. The van der Waals surface area contributed by atoms with E-state index in [0.29, 0.717) is 35.0 Å². The van der Waals surface area contributed by atoms with E-state index in [2.05, 4.69) is 10.4 Å². The first kappa shape index (κ1) is 17.6. The van der Waals surface area contributed by atoms with Crippen LogP contribution in [0.4, 0.5) is 10.2 Å². The number of rotatable bonds is 3. The molecular formula is C21H24FN5O. The van der Waals surface area contributed by atoms with Crippen molar-refractivity contribution in [3.05, 3.63) is 47.0 Å². The van der Waals surface area contributed by atoms with Gasteiger partial charge in [-0.3, -0.25) is 0 Å². The molecular weight excluding hydrogens is 357 g/mol. The first-order chi connectivity index (χ1) is 13.5. The molecule has 3 aromatic rings. The van der Waals surface area contributed by atoms with Crippen molar-refractivity contribution in [2.45, 2.75) is 57.2 Å². The summed E-state index contributed by atoms with van der Waals surface area (Å²) in [5.74, 6) is 0.529. The second-order valence-corrected chi connectivity index (χ2v) is 8.07. The van der Waals surface area contributed by atoms with E-state index in [4.69, 9.17) is 10.7 Å². The number of anilines is 1. The minimum Gasteiger partial charge on any atom is -0.392 e. The third-order valence-electron chi connectivity index (χ3n) is 6.36. The number of nitrogens with one attached hydrogen (secondary N) is 1. The zero-order chi connectivity index (χ0) is 19.4. The Bertz CT molecular complexity index is 1050. The van der Waals surface area contributed by atoms with Crippen LogP contribution in [-0.4, -0.2) is 31.8 Å². The van der Waals surface area contributed by atoms with Crippen LogP contribution < -0.4 is 11.1 Å². The van der Waals surface area contributed by atoms with E-state index in [0.717, 1.165) is 29.7 Å². The quantitative estimate of drug-likeness (QED) is 0.649. The number of benzene rings is 1. The van der Waals surface area contributed by atoms with Gasteiger partial charge in [0.1, 0.15) is 11.6 Å². The molecule has 4 N–H and O–H groups in total. The molecule has 4 heterocycles. The van der Waals surface area contributed by atoms with E-state index in [1.165, 1.54) is 18.9 Å². The van der Waals surface area contributed by atoms with E-state index in [-0.39, 0.29) is 12.2 Å². The number of nitrogens with zero attached hydrogens (tertiary/aromatic N) is 3. The van der Waals surface area contributed by atoms with Crippen molar-refractivity contribution in [2.24, 2.45) is 0 Å². The molecule has 1 aromatic carbocycles. The Morgan fingerprint density at radius 3 is 2.71 bits per heavy atom. The minimum absolute atomic E-state index is 0.273. The molecule has 5 rings (SSSR count). The van der Waals surface area contributed by atoms with Crippen molar-refractivity contribution >= 4 is 11.5 Å². The Balaban J connectivity index is 1.63. The zero-order valence-corrected chi connectivity index (χ0v) is 15.8. The van der Waals surface area contributed by atoms with Crippen molar-refractivity contribution in [1.82, 2.24) is 19.9 Å². The summed E-state index contributed by atoms with van der Waals surface area (Å²) in [6, 6.07) is 5.93. The van der Waals surface area contributed by atoms with Crippen LogP contribution in [0.15, 0.2) is 24.4 Å². The lowest BCUT2D eigenvalue weighted by Crippen LogP contribution is -2.37. The van der Waals surface area contributed by atoms with E-state index < -0.39 is 5.82 Å². The number of piperidine rings is 1. The Morgan fingerprint density at radius 2 is 2.04 bits per heavy atom. The van der Waals surface area contributed by atoms with Gasteiger partial charge >= 0.3 is 0 Å². The van der Waals surface area contributed by atoms with E-state index in [1.807, 2.05) is 6.92 Å². The molecule has 2 aliphatic rings. The number of aliphatic hydroxyl groups is 1. The van der Waals surface area contributed by atoms with Gasteiger partial charge in [0.2, 0.25) is 0 Å². The molecule has 146 valence electrons. The van der Waals surface area contributed by atoms with Gasteiger partial charge in [0.05, 0.1) is 18.5 Å². The number of aromatic nitrogens is 3. The fraction of sp³-hybridized carbons (Fsp3) is 0.429. The van der Waals surface area contributed by atoms with Gasteiger partial charge in [-0.15, -0.1) is 0 Å². The van der Waals surface area contributed by atoms with Gasteiger partial charge in [0.25, 0.3) is 0 Å². The predicted molar refractivity (Wildman–Crippen MR) is 105 cm³/mol. The Hall–Kier alpha value is -2.51. The zero-order valence-electron chi connectivity index (χ0n) is 15.8. The number of nitrogen functional groups attached to an aromatic ring is 1. The highest BCUT2D eigenvalue weighted by molar-refractivity contribution is 5.78. The van der Waals surface area contributed by atoms with Gasteiger partial charge in [-0.2, -0.15) is 9.61 Å². The van der Waals surface area contributed by atoms with Gasteiger partial charge in [-0.05, 0) is 44.2 Å². The Labute approximate surface area is 162 Å². The SMILES string of the molecule is Cc1c(C2CC3CCC(C2)N3)nc2c(-c3ccc(CO)c(F)c3)cnn2c1N. The molecule has 2 fully saturated rings. The second kappa shape index (κ2) is 6.53. The molecule has 0 amide bonds. The molecule has 0 radical (unpaired) electrons. The number of fused-ring (bicyclic) bond motifs is 3. The fourth-order valence-electron chi connectivity index (χ4n) is 4.84. The molecule has 0 spiro atoms. The summed E-state index contributed by atoms with van der Waals surface area (Å²) >= 11 is 0. The molecule has 2 aromatic heterocycles. The molecule has 2 atom stereocenters. The topological polar surface area (TPSA) is 88.5 Å². The van der Waals surface area contributed by atoms with Crippen LogP contribution in [0.5, 0.6) is 0 Å². The first-order valence-corrected chi connectivity index (χ1v) is 9.84. The van der Waals surface area contributed by atoms with Crippen LogP contribution in [-0.2, 0) is 6.61 Å². The van der Waals surface area contributed by atoms with Crippen LogP contribution in [0, 0.1) is 12.7 Å². The summed E-state index contributed by atoms with van der Waals surface area (Å²) < 4.78 is 15.9. The van der Waals surface area contributed by atoms with Crippen LogP contribution in [0.2, 0.25) is 0 Å². The summed E-state index contributed by atoms with van der Waals surface area (Å²) in [6.45, 7) is 1.69. The highest BCUT2D eigenvalue weighted by Gasteiger charge is 2.36. The molecule has 0 aliphatic carbocycles. The van der Waals surface area contributed by atoms with Crippen molar-refractivity contribution < 1.29 is 9.50 Å². The molecule has 0 saturated carbocycles. The lowest BCUT2D eigenvalue weighted by molar-refractivity contribution is 0.276. The monoisotopic (exact) mass is 381 g/mol. The van der Waals surface area contributed by atoms with Crippen LogP contribution in [0.1, 0.15) is 48.4 Å². The van der Waals surface area contributed by atoms with Gasteiger partial charge < -0.3 is 16.2 Å². The highest BCUT2D eigenvalue weighted by Crippen LogP contribution is 2.39. The lowest BCUT2D eigenvalue weighted by Gasteiger charge is -2.30.